The lowest BCUT2D eigenvalue weighted by molar-refractivity contribution is -0.0426. The highest BCUT2D eigenvalue weighted by Gasteiger charge is 2.51. The normalized spacial score (nSPS) is 16.8. The molecule has 0 atom stereocenters. The van der Waals surface area contributed by atoms with Crippen molar-refractivity contribution in [2.24, 2.45) is 0 Å². The van der Waals surface area contributed by atoms with Gasteiger partial charge < -0.3 is 19.5 Å². The van der Waals surface area contributed by atoms with Gasteiger partial charge in [-0.2, -0.15) is 0 Å². The summed E-state index contributed by atoms with van der Waals surface area (Å²) in [5.74, 6) is -0.0897. The van der Waals surface area contributed by atoms with E-state index in [0.29, 0.717) is 25.3 Å². The molecule has 0 radical (unpaired) electrons. The monoisotopic (exact) mass is 438 g/mol. The Kier molecular flexibility index (Phi) is 5.69. The van der Waals surface area contributed by atoms with E-state index in [0.717, 1.165) is 36.2 Å². The van der Waals surface area contributed by atoms with E-state index in [1.54, 1.807) is 0 Å². The number of ether oxygens (including phenoxy) is 1. The quantitative estimate of drug-likeness (QED) is 0.780. The molecule has 1 aromatic heterocycles. The van der Waals surface area contributed by atoms with Crippen molar-refractivity contribution >= 4 is 17.7 Å². The molecule has 1 N–H and O–H groups in total. The van der Waals surface area contributed by atoms with Gasteiger partial charge in [0.2, 0.25) is 0 Å². The maximum absolute atomic E-state index is 13.0. The maximum atomic E-state index is 13.0. The molecular formula is C25H34N4O3. The van der Waals surface area contributed by atoms with E-state index in [1.165, 1.54) is 0 Å². The first-order valence-corrected chi connectivity index (χ1v) is 11.4. The van der Waals surface area contributed by atoms with Gasteiger partial charge in [-0.1, -0.05) is 12.1 Å². The van der Waals surface area contributed by atoms with Crippen LogP contribution in [0.25, 0.3) is 0 Å². The van der Waals surface area contributed by atoms with Gasteiger partial charge in [0.25, 0.3) is 5.91 Å². The summed E-state index contributed by atoms with van der Waals surface area (Å²) in [7, 11) is 4.01. The third-order valence-corrected chi connectivity index (χ3v) is 6.45. The molecule has 1 spiro atoms. The molecule has 2 aliphatic rings. The number of aromatic nitrogens is 1. The molecule has 2 heterocycles. The van der Waals surface area contributed by atoms with Crippen LogP contribution < -0.4 is 10.2 Å². The largest absolute Gasteiger partial charge is 0.444 e. The van der Waals surface area contributed by atoms with E-state index in [2.05, 4.69) is 9.88 Å². The zero-order valence-corrected chi connectivity index (χ0v) is 19.8. The maximum Gasteiger partial charge on any atom is 0.411 e. The molecule has 0 bridgehead atoms. The van der Waals surface area contributed by atoms with Gasteiger partial charge in [0.1, 0.15) is 11.3 Å². The second-order valence-electron chi connectivity index (χ2n) is 10.0. The smallest absolute Gasteiger partial charge is 0.411 e. The number of carbonyl (C=O) groups excluding carboxylic acids is 2. The first kappa shape index (κ1) is 22.2. The lowest BCUT2D eigenvalue weighted by Gasteiger charge is -2.53. The Morgan fingerprint density at radius 3 is 2.31 bits per heavy atom. The topological polar surface area (TPSA) is 66.8 Å². The fourth-order valence-corrected chi connectivity index (χ4v) is 4.67. The second kappa shape index (κ2) is 8.19. The van der Waals surface area contributed by atoms with Crippen LogP contribution in [0.3, 0.4) is 0 Å². The Morgan fingerprint density at radius 1 is 1.06 bits per heavy atom. The Hall–Kier alpha value is -2.96. The number of anilines is 1. The van der Waals surface area contributed by atoms with Crippen molar-refractivity contribution in [1.29, 1.82) is 0 Å². The van der Waals surface area contributed by atoms with Crippen LogP contribution in [0.15, 0.2) is 36.4 Å². The number of amides is 2. The minimum absolute atomic E-state index is 0.0897. The standard InChI is InChI=1S/C25H34N4O3/c1-24(2,3)32-23(31)29-16-15-28-20(11-12-21(28)25(29)13-6-14-25)22(30)26-17-18-7-9-19(10-8-18)27(4)5/h7-12H,6,13-17H2,1-5H3,(H,26,30). The number of nitrogens with zero attached hydrogens (tertiary/aromatic N) is 3. The van der Waals surface area contributed by atoms with E-state index >= 15 is 0 Å². The highest BCUT2D eigenvalue weighted by atomic mass is 16.6. The van der Waals surface area contributed by atoms with E-state index in [4.69, 9.17) is 4.74 Å². The fourth-order valence-electron chi connectivity index (χ4n) is 4.67. The Bertz CT molecular complexity index is 997. The molecule has 1 aromatic carbocycles. The van der Waals surface area contributed by atoms with Crippen molar-refractivity contribution in [2.75, 3.05) is 25.5 Å². The molecule has 7 nitrogen and oxygen atoms in total. The zero-order valence-electron chi connectivity index (χ0n) is 19.8. The molecule has 2 amide bonds. The van der Waals surface area contributed by atoms with Gasteiger partial charge in [-0.15, -0.1) is 0 Å². The highest BCUT2D eigenvalue weighted by molar-refractivity contribution is 5.93. The van der Waals surface area contributed by atoms with E-state index in [-0.39, 0.29) is 17.5 Å². The molecule has 1 saturated carbocycles. The van der Waals surface area contributed by atoms with Crippen LogP contribution in [-0.4, -0.2) is 47.7 Å². The number of fused-ring (bicyclic) bond motifs is 2. The van der Waals surface area contributed by atoms with E-state index in [1.807, 2.05) is 81.1 Å². The number of hydrogen-bond acceptors (Lipinski definition) is 4. The molecule has 2 aromatic rings. The van der Waals surface area contributed by atoms with E-state index < -0.39 is 5.60 Å². The summed E-state index contributed by atoms with van der Waals surface area (Å²) in [6.07, 6.45) is 2.59. The van der Waals surface area contributed by atoms with Gasteiger partial charge in [-0.05, 0) is 69.9 Å². The molecular weight excluding hydrogens is 404 g/mol. The molecule has 32 heavy (non-hydrogen) atoms. The number of carbonyl (C=O) groups is 2. The van der Waals surface area contributed by atoms with Crippen molar-refractivity contribution in [1.82, 2.24) is 14.8 Å². The Labute approximate surface area is 190 Å². The average molecular weight is 439 g/mol. The van der Waals surface area contributed by atoms with Crippen molar-refractivity contribution in [3.63, 3.8) is 0 Å². The molecule has 1 aliphatic heterocycles. The summed E-state index contributed by atoms with van der Waals surface area (Å²) in [5, 5.41) is 3.05. The third kappa shape index (κ3) is 4.08. The molecule has 0 unspecified atom stereocenters. The predicted octanol–water partition coefficient (Wildman–Crippen LogP) is 4.11. The van der Waals surface area contributed by atoms with Crippen molar-refractivity contribution in [2.45, 2.75) is 64.3 Å². The summed E-state index contributed by atoms with van der Waals surface area (Å²) in [4.78, 5) is 29.8. The summed E-state index contributed by atoms with van der Waals surface area (Å²) >= 11 is 0. The molecule has 4 rings (SSSR count). The van der Waals surface area contributed by atoms with Gasteiger partial charge in [0, 0.05) is 45.1 Å². The third-order valence-electron chi connectivity index (χ3n) is 6.45. The van der Waals surface area contributed by atoms with Crippen molar-refractivity contribution < 1.29 is 14.3 Å². The highest BCUT2D eigenvalue weighted by Crippen LogP contribution is 2.49. The van der Waals surface area contributed by atoms with Crippen LogP contribution in [0.1, 0.15) is 61.8 Å². The van der Waals surface area contributed by atoms with Crippen LogP contribution in [0, 0.1) is 0 Å². The minimum atomic E-state index is -0.531. The van der Waals surface area contributed by atoms with Crippen LogP contribution in [0.5, 0.6) is 0 Å². The predicted molar refractivity (Wildman–Crippen MR) is 125 cm³/mol. The number of hydrogen-bond donors (Lipinski definition) is 1. The molecule has 7 heteroatoms. The first-order chi connectivity index (χ1) is 15.1. The number of benzene rings is 1. The summed E-state index contributed by atoms with van der Waals surface area (Å²) in [6, 6.07) is 12.1. The molecule has 1 aliphatic carbocycles. The van der Waals surface area contributed by atoms with Crippen LogP contribution in [-0.2, 0) is 23.4 Å². The number of nitrogens with one attached hydrogen (secondary N) is 1. The van der Waals surface area contributed by atoms with Crippen molar-refractivity contribution in [3.8, 4) is 0 Å². The van der Waals surface area contributed by atoms with Crippen molar-refractivity contribution in [3.05, 3.63) is 53.3 Å². The summed E-state index contributed by atoms with van der Waals surface area (Å²) in [5.41, 5.74) is 2.99. The van der Waals surface area contributed by atoms with E-state index in [9.17, 15) is 9.59 Å². The van der Waals surface area contributed by atoms with Crippen LogP contribution in [0.2, 0.25) is 0 Å². The zero-order chi connectivity index (χ0) is 23.1. The van der Waals surface area contributed by atoms with Gasteiger partial charge in [0.05, 0.1) is 5.54 Å². The molecule has 172 valence electrons. The second-order valence-corrected chi connectivity index (χ2v) is 10.0. The molecule has 1 fully saturated rings. The lowest BCUT2D eigenvalue weighted by Crippen LogP contribution is -2.59. The van der Waals surface area contributed by atoms with Gasteiger partial charge in [-0.25, -0.2) is 4.79 Å². The SMILES string of the molecule is CN(C)c1ccc(CNC(=O)c2ccc3n2CCN(C(=O)OC(C)(C)C)C32CCC2)cc1. The van der Waals surface area contributed by atoms with Crippen LogP contribution >= 0.6 is 0 Å². The van der Waals surface area contributed by atoms with Gasteiger partial charge >= 0.3 is 6.09 Å². The van der Waals surface area contributed by atoms with Crippen LogP contribution in [0.4, 0.5) is 10.5 Å². The summed E-state index contributed by atoms with van der Waals surface area (Å²) < 4.78 is 7.77. The summed E-state index contributed by atoms with van der Waals surface area (Å²) in [6.45, 7) is 7.28. The van der Waals surface area contributed by atoms with Gasteiger partial charge in [0.15, 0.2) is 0 Å². The minimum Gasteiger partial charge on any atom is -0.444 e. The molecule has 0 saturated heterocycles. The lowest BCUT2D eigenvalue weighted by atomic mass is 9.72. The first-order valence-electron chi connectivity index (χ1n) is 11.4. The Morgan fingerprint density at radius 2 is 1.75 bits per heavy atom. The average Bonchev–Trinajstić information content (AvgIpc) is 3.13. The number of rotatable bonds is 4. The fraction of sp³-hybridized carbons (Fsp3) is 0.520. The van der Waals surface area contributed by atoms with Gasteiger partial charge in [-0.3, -0.25) is 9.69 Å². The Balaban J connectivity index is 1.49.